The molecular formula is C50H56N2. The second-order valence-electron chi connectivity index (χ2n) is 16.6. The Morgan fingerprint density at radius 1 is 0.596 bits per heavy atom. The number of hydrogen-bond donors (Lipinski definition) is 0. The molecule has 0 fully saturated rings. The smallest absolute Gasteiger partial charge is 0.331 e. The fourth-order valence-electron chi connectivity index (χ4n) is 8.17. The number of nitrogens with zero attached hydrogens (tertiary/aromatic N) is 2. The van der Waals surface area contributed by atoms with E-state index in [-0.39, 0.29) is 10.8 Å². The van der Waals surface area contributed by atoms with Gasteiger partial charge in [-0.2, -0.15) is 4.79 Å². The van der Waals surface area contributed by atoms with Crippen molar-refractivity contribution in [1.29, 1.82) is 0 Å². The lowest BCUT2D eigenvalue weighted by molar-refractivity contribution is -0.00264. The highest BCUT2D eigenvalue weighted by Gasteiger charge is 2.30. The molecule has 0 unspecified atom stereocenters. The van der Waals surface area contributed by atoms with Crippen LogP contribution in [-0.4, -0.2) is 10.5 Å². The summed E-state index contributed by atoms with van der Waals surface area (Å²) in [4.78, 5) is 4.13. The SMILES string of the molecule is C#Cc1ccc2c(-c3c(C)cc(C(C)(C)C)cc3C)c3ccc(C#C)cc3c(C(=[N+]=[N-])c3c(C)cc(C(C)(C)CCCCCCCC)cc3C)c2c1. The van der Waals surface area contributed by atoms with Gasteiger partial charge in [0.2, 0.25) is 0 Å². The molecule has 2 heteroatoms. The monoisotopic (exact) mass is 684 g/mol. The quantitative estimate of drug-likeness (QED) is 0.0332. The lowest BCUT2D eigenvalue weighted by Crippen LogP contribution is -2.19. The molecule has 5 aromatic carbocycles. The number of fused-ring (bicyclic) bond motifs is 2. The summed E-state index contributed by atoms with van der Waals surface area (Å²) in [7, 11) is 0. The number of hydrogen-bond acceptors (Lipinski definition) is 0. The van der Waals surface area contributed by atoms with Gasteiger partial charge in [0.25, 0.3) is 0 Å². The third kappa shape index (κ3) is 7.51. The molecule has 52 heavy (non-hydrogen) atoms. The van der Waals surface area contributed by atoms with E-state index in [1.54, 1.807) is 0 Å². The average Bonchev–Trinajstić information content (AvgIpc) is 3.10. The second-order valence-corrected chi connectivity index (χ2v) is 16.6. The zero-order chi connectivity index (χ0) is 38.0. The molecule has 0 amide bonds. The van der Waals surface area contributed by atoms with Crippen molar-refractivity contribution in [2.24, 2.45) is 0 Å². The summed E-state index contributed by atoms with van der Waals surface area (Å²) < 4.78 is 0. The van der Waals surface area contributed by atoms with Gasteiger partial charge in [-0.25, -0.2) is 0 Å². The first-order valence-corrected chi connectivity index (χ1v) is 19.1. The highest BCUT2D eigenvalue weighted by Crippen LogP contribution is 2.44. The molecule has 5 rings (SSSR count). The number of rotatable bonds is 11. The molecule has 0 heterocycles. The Morgan fingerprint density at radius 2 is 1.08 bits per heavy atom. The van der Waals surface area contributed by atoms with Gasteiger partial charge in [-0.05, 0) is 135 Å². The van der Waals surface area contributed by atoms with E-state index in [4.69, 9.17) is 12.8 Å². The summed E-state index contributed by atoms with van der Waals surface area (Å²) >= 11 is 0. The molecule has 0 aliphatic heterocycles. The Labute approximate surface area is 313 Å². The summed E-state index contributed by atoms with van der Waals surface area (Å²) in [6.45, 7) is 22.4. The standard InChI is InChI=1S/C50H56N2/c1-13-16-17-18-19-20-25-50(11,12)39-28-34(6)45(35(7)29-39)48(52-51)47-42-30-36(14-2)21-23-40(42)46(41-24-22-37(15-3)31-43(41)47)44-32(4)26-38(27-33(44)5)49(8,9)10/h2-3,21-24,26-31H,13,16-20,25H2,1,4-12H3. The number of unbranched alkanes of at least 4 members (excludes halogenated alkanes) is 5. The van der Waals surface area contributed by atoms with Gasteiger partial charge in [-0.1, -0.05) is 128 Å². The molecule has 0 aliphatic rings. The molecular weight excluding hydrogens is 629 g/mol. The normalized spacial score (nSPS) is 11.8. The van der Waals surface area contributed by atoms with Gasteiger partial charge in [-0.15, -0.1) is 12.8 Å². The Balaban J connectivity index is 1.78. The average molecular weight is 685 g/mol. The van der Waals surface area contributed by atoms with Crippen molar-refractivity contribution in [2.75, 3.05) is 0 Å². The van der Waals surface area contributed by atoms with Crippen molar-refractivity contribution >= 4 is 27.3 Å². The fraction of sp³-hybridized carbons (Fsp3) is 0.380. The van der Waals surface area contributed by atoms with Gasteiger partial charge < -0.3 is 5.53 Å². The van der Waals surface area contributed by atoms with Gasteiger partial charge in [0.15, 0.2) is 0 Å². The molecule has 0 saturated carbocycles. The molecule has 0 atom stereocenters. The van der Waals surface area contributed by atoms with Crippen molar-refractivity contribution in [3.63, 3.8) is 0 Å². The Morgan fingerprint density at radius 3 is 1.54 bits per heavy atom. The minimum atomic E-state index is 0.0205. The van der Waals surface area contributed by atoms with Crippen molar-refractivity contribution in [1.82, 2.24) is 0 Å². The topological polar surface area (TPSA) is 36.4 Å². The van der Waals surface area contributed by atoms with Crippen LogP contribution in [0.4, 0.5) is 0 Å². The third-order valence-electron chi connectivity index (χ3n) is 11.1. The largest absolute Gasteiger partial charge is 0.361 e. The van der Waals surface area contributed by atoms with Crippen LogP contribution in [0.15, 0.2) is 60.7 Å². The van der Waals surface area contributed by atoms with Crippen LogP contribution in [0.25, 0.3) is 38.2 Å². The highest BCUT2D eigenvalue weighted by molar-refractivity contribution is 6.29. The molecule has 2 nitrogen and oxygen atoms in total. The van der Waals surface area contributed by atoms with E-state index in [1.165, 1.54) is 66.3 Å². The summed E-state index contributed by atoms with van der Waals surface area (Å²) in [5, 5.41) is 3.98. The van der Waals surface area contributed by atoms with Crippen LogP contribution in [0.1, 0.15) is 142 Å². The zero-order valence-electron chi connectivity index (χ0n) is 33.3. The minimum Gasteiger partial charge on any atom is -0.361 e. The van der Waals surface area contributed by atoms with Crippen molar-refractivity contribution in [3.05, 3.63) is 122 Å². The van der Waals surface area contributed by atoms with E-state index in [9.17, 15) is 5.53 Å². The molecule has 5 aromatic rings. The molecule has 266 valence electrons. The first-order chi connectivity index (χ1) is 24.7. The van der Waals surface area contributed by atoms with Crippen LogP contribution >= 0.6 is 0 Å². The summed E-state index contributed by atoms with van der Waals surface area (Å²) in [6.07, 6.45) is 20.9. The predicted octanol–water partition coefficient (Wildman–Crippen LogP) is 13.2. The summed E-state index contributed by atoms with van der Waals surface area (Å²) in [6, 6.07) is 21.7. The Hall–Kier alpha value is -4.88. The van der Waals surface area contributed by atoms with E-state index in [2.05, 4.69) is 134 Å². The number of terminal acetylenes is 2. The van der Waals surface area contributed by atoms with Crippen LogP contribution in [0.5, 0.6) is 0 Å². The molecule has 0 aliphatic carbocycles. The van der Waals surface area contributed by atoms with E-state index in [0.29, 0.717) is 5.71 Å². The number of aryl methyl sites for hydroxylation is 4. The van der Waals surface area contributed by atoms with Gasteiger partial charge in [-0.3, -0.25) is 0 Å². The zero-order valence-corrected chi connectivity index (χ0v) is 33.3. The molecule has 0 saturated heterocycles. The van der Waals surface area contributed by atoms with Crippen LogP contribution in [0.2, 0.25) is 0 Å². The van der Waals surface area contributed by atoms with E-state index in [0.717, 1.165) is 66.9 Å². The Kier molecular flexibility index (Phi) is 11.3. The molecule has 0 bridgehead atoms. The van der Waals surface area contributed by atoms with Crippen LogP contribution in [0.3, 0.4) is 0 Å². The maximum absolute atomic E-state index is 11.1. The highest BCUT2D eigenvalue weighted by atomic mass is 14.9. The van der Waals surface area contributed by atoms with Gasteiger partial charge in [0, 0.05) is 11.1 Å². The fourth-order valence-corrected chi connectivity index (χ4v) is 8.17. The van der Waals surface area contributed by atoms with Gasteiger partial charge in [0.1, 0.15) is 0 Å². The third-order valence-corrected chi connectivity index (χ3v) is 11.1. The second kappa shape index (κ2) is 15.4. The van der Waals surface area contributed by atoms with Gasteiger partial charge >= 0.3 is 5.71 Å². The summed E-state index contributed by atoms with van der Waals surface area (Å²) in [5.74, 6) is 5.73. The van der Waals surface area contributed by atoms with Gasteiger partial charge in [0.05, 0.1) is 11.1 Å². The van der Waals surface area contributed by atoms with E-state index < -0.39 is 0 Å². The van der Waals surface area contributed by atoms with Crippen LogP contribution < -0.4 is 0 Å². The maximum Gasteiger partial charge on any atom is 0.331 e. The van der Waals surface area contributed by atoms with Crippen LogP contribution in [0, 0.1) is 52.4 Å². The van der Waals surface area contributed by atoms with Crippen molar-refractivity contribution in [3.8, 4) is 35.8 Å². The molecule has 0 N–H and O–H groups in total. The Bertz CT molecular complexity index is 2180. The molecule has 0 aromatic heterocycles. The summed E-state index contributed by atoms with van der Waals surface area (Å²) in [5.41, 5.74) is 24.5. The predicted molar refractivity (Wildman–Crippen MR) is 225 cm³/mol. The van der Waals surface area contributed by atoms with Crippen molar-refractivity contribution < 1.29 is 4.79 Å². The van der Waals surface area contributed by atoms with Crippen LogP contribution in [-0.2, 0) is 10.8 Å². The van der Waals surface area contributed by atoms with E-state index >= 15 is 0 Å². The van der Waals surface area contributed by atoms with E-state index in [1.807, 2.05) is 12.1 Å². The molecule has 0 radical (unpaired) electrons. The molecule has 0 spiro atoms. The lowest BCUT2D eigenvalue weighted by Gasteiger charge is -2.27. The lowest BCUT2D eigenvalue weighted by atomic mass is 9.76. The number of benzene rings is 5. The minimum absolute atomic E-state index is 0.0205. The first kappa shape index (κ1) is 38.4. The first-order valence-electron chi connectivity index (χ1n) is 19.1. The van der Waals surface area contributed by atoms with Crippen molar-refractivity contribution in [2.45, 2.75) is 125 Å². The maximum atomic E-state index is 11.1.